The van der Waals surface area contributed by atoms with Crippen molar-refractivity contribution in [3.8, 4) is 0 Å². The molecule has 1 rings (SSSR count). The molecule has 3 heteroatoms. The second-order valence-electron chi connectivity index (χ2n) is 3.77. The lowest BCUT2D eigenvalue weighted by Crippen LogP contribution is -2.22. The lowest BCUT2D eigenvalue weighted by molar-refractivity contribution is -0.148. The molecule has 0 saturated carbocycles. The molecule has 13 heavy (non-hydrogen) atoms. The van der Waals surface area contributed by atoms with Gasteiger partial charge in [-0.05, 0) is 19.9 Å². The van der Waals surface area contributed by atoms with Crippen molar-refractivity contribution in [3.63, 3.8) is 0 Å². The Morgan fingerprint density at radius 1 is 1.62 bits per heavy atom. The fourth-order valence-corrected chi connectivity index (χ4v) is 1.56. The maximum Gasteiger partial charge on any atom is 0.306 e. The molecule has 1 heterocycles. The quantitative estimate of drug-likeness (QED) is 0.620. The zero-order chi connectivity index (χ0) is 9.68. The third kappa shape index (κ3) is 3.77. The number of unbranched alkanes of at least 4 members (excludes halogenated alkanes) is 1. The first-order valence-electron chi connectivity index (χ1n) is 5.10. The van der Waals surface area contributed by atoms with E-state index in [0.29, 0.717) is 6.42 Å². The number of esters is 1. The molecule has 0 N–H and O–H groups in total. The monoisotopic (exact) mass is 185 g/mol. The number of nitrogens with zero attached hydrogens (tertiary/aromatic N) is 1. The van der Waals surface area contributed by atoms with Crippen LogP contribution in [-0.4, -0.2) is 37.1 Å². The van der Waals surface area contributed by atoms with Crippen LogP contribution in [0, 0.1) is 0 Å². The summed E-state index contributed by atoms with van der Waals surface area (Å²) in [6.07, 6.45) is 3.72. The molecule has 1 saturated heterocycles. The van der Waals surface area contributed by atoms with E-state index in [1.54, 1.807) is 0 Å². The molecule has 0 aromatic carbocycles. The maximum atomic E-state index is 11.2. The summed E-state index contributed by atoms with van der Waals surface area (Å²) in [6, 6.07) is 0. The Kier molecular flexibility index (Phi) is 4.22. The SMILES string of the molecule is CCCCC(=O)OC1CCN(C)C1. The van der Waals surface area contributed by atoms with Crippen molar-refractivity contribution in [3.05, 3.63) is 0 Å². The van der Waals surface area contributed by atoms with E-state index in [-0.39, 0.29) is 12.1 Å². The van der Waals surface area contributed by atoms with Crippen molar-refractivity contribution in [1.29, 1.82) is 0 Å². The van der Waals surface area contributed by atoms with Crippen LogP contribution in [0.15, 0.2) is 0 Å². The third-order valence-corrected chi connectivity index (χ3v) is 2.38. The first-order valence-corrected chi connectivity index (χ1v) is 5.10. The highest BCUT2D eigenvalue weighted by molar-refractivity contribution is 5.69. The van der Waals surface area contributed by atoms with Crippen molar-refractivity contribution < 1.29 is 9.53 Å². The summed E-state index contributed by atoms with van der Waals surface area (Å²) in [5, 5.41) is 0. The molecule has 0 aromatic rings. The molecular weight excluding hydrogens is 166 g/mol. The standard InChI is InChI=1S/C10H19NO2/c1-3-4-5-10(12)13-9-6-7-11(2)8-9/h9H,3-8H2,1-2H3. The summed E-state index contributed by atoms with van der Waals surface area (Å²) < 4.78 is 5.30. The molecule has 0 amide bonds. The van der Waals surface area contributed by atoms with E-state index < -0.39 is 0 Å². The molecule has 1 aliphatic heterocycles. The fraction of sp³-hybridized carbons (Fsp3) is 0.900. The van der Waals surface area contributed by atoms with Gasteiger partial charge in [-0.25, -0.2) is 0 Å². The van der Waals surface area contributed by atoms with E-state index in [2.05, 4.69) is 18.9 Å². The average molecular weight is 185 g/mol. The fourth-order valence-electron chi connectivity index (χ4n) is 1.56. The summed E-state index contributed by atoms with van der Waals surface area (Å²) in [4.78, 5) is 13.4. The Morgan fingerprint density at radius 2 is 2.38 bits per heavy atom. The Hall–Kier alpha value is -0.570. The van der Waals surface area contributed by atoms with Gasteiger partial charge in [-0.15, -0.1) is 0 Å². The van der Waals surface area contributed by atoms with E-state index in [9.17, 15) is 4.79 Å². The minimum Gasteiger partial charge on any atom is -0.461 e. The number of ether oxygens (including phenoxy) is 1. The number of hydrogen-bond acceptors (Lipinski definition) is 3. The normalized spacial score (nSPS) is 23.4. The number of carbonyl (C=O) groups excluding carboxylic acids is 1. The van der Waals surface area contributed by atoms with Crippen molar-refractivity contribution in [1.82, 2.24) is 4.90 Å². The van der Waals surface area contributed by atoms with Crippen molar-refractivity contribution in [2.75, 3.05) is 20.1 Å². The molecule has 76 valence electrons. The van der Waals surface area contributed by atoms with E-state index in [1.165, 1.54) is 0 Å². The molecule has 1 aliphatic rings. The third-order valence-electron chi connectivity index (χ3n) is 2.38. The van der Waals surface area contributed by atoms with Crippen molar-refractivity contribution in [2.24, 2.45) is 0 Å². The molecule has 3 nitrogen and oxygen atoms in total. The van der Waals surface area contributed by atoms with Gasteiger partial charge in [0.25, 0.3) is 0 Å². The minimum atomic E-state index is -0.0258. The first kappa shape index (κ1) is 10.5. The van der Waals surface area contributed by atoms with E-state index >= 15 is 0 Å². The van der Waals surface area contributed by atoms with Gasteiger partial charge in [-0.3, -0.25) is 4.79 Å². The number of carbonyl (C=O) groups is 1. The Labute approximate surface area is 80.1 Å². The van der Waals surface area contributed by atoms with Crippen LogP contribution in [-0.2, 0) is 9.53 Å². The second-order valence-corrected chi connectivity index (χ2v) is 3.77. The van der Waals surface area contributed by atoms with Crippen molar-refractivity contribution >= 4 is 5.97 Å². The Morgan fingerprint density at radius 3 is 2.92 bits per heavy atom. The van der Waals surface area contributed by atoms with Crippen molar-refractivity contribution in [2.45, 2.75) is 38.7 Å². The number of rotatable bonds is 4. The lowest BCUT2D eigenvalue weighted by Gasteiger charge is -2.11. The predicted octanol–water partition coefficient (Wildman–Crippen LogP) is 1.42. The highest BCUT2D eigenvalue weighted by Crippen LogP contribution is 2.11. The first-order chi connectivity index (χ1) is 6.22. The van der Waals surface area contributed by atoms with Gasteiger partial charge < -0.3 is 9.64 Å². The van der Waals surface area contributed by atoms with E-state index in [4.69, 9.17) is 4.74 Å². The van der Waals surface area contributed by atoms with Crippen LogP contribution in [0.4, 0.5) is 0 Å². The Bertz CT molecular complexity index is 170. The van der Waals surface area contributed by atoms with E-state index in [1.807, 2.05) is 0 Å². The van der Waals surface area contributed by atoms with Gasteiger partial charge in [0.1, 0.15) is 6.10 Å². The van der Waals surface area contributed by atoms with Gasteiger partial charge in [0.15, 0.2) is 0 Å². The zero-order valence-corrected chi connectivity index (χ0v) is 8.58. The highest BCUT2D eigenvalue weighted by atomic mass is 16.5. The van der Waals surface area contributed by atoms with Crippen LogP contribution >= 0.6 is 0 Å². The van der Waals surface area contributed by atoms with Crippen LogP contribution in [0.2, 0.25) is 0 Å². The topological polar surface area (TPSA) is 29.5 Å². The molecule has 0 bridgehead atoms. The summed E-state index contributed by atoms with van der Waals surface area (Å²) in [7, 11) is 2.06. The molecule has 0 radical (unpaired) electrons. The van der Waals surface area contributed by atoms with E-state index in [0.717, 1.165) is 32.4 Å². The summed E-state index contributed by atoms with van der Waals surface area (Å²) in [5.74, 6) is -0.0258. The maximum absolute atomic E-state index is 11.2. The van der Waals surface area contributed by atoms with Gasteiger partial charge in [0.05, 0.1) is 0 Å². The molecular formula is C10H19NO2. The molecule has 0 aromatic heterocycles. The highest BCUT2D eigenvalue weighted by Gasteiger charge is 2.22. The minimum absolute atomic E-state index is 0.0258. The summed E-state index contributed by atoms with van der Waals surface area (Å²) in [5.41, 5.74) is 0. The largest absolute Gasteiger partial charge is 0.461 e. The molecule has 1 fully saturated rings. The van der Waals surface area contributed by atoms with Gasteiger partial charge in [0.2, 0.25) is 0 Å². The van der Waals surface area contributed by atoms with Gasteiger partial charge in [0, 0.05) is 19.5 Å². The number of hydrogen-bond donors (Lipinski definition) is 0. The second kappa shape index (κ2) is 5.22. The van der Waals surface area contributed by atoms with Gasteiger partial charge in [-0.1, -0.05) is 13.3 Å². The average Bonchev–Trinajstić information content (AvgIpc) is 2.48. The molecule has 0 aliphatic carbocycles. The predicted molar refractivity (Wildman–Crippen MR) is 51.5 cm³/mol. The zero-order valence-electron chi connectivity index (χ0n) is 8.58. The van der Waals surface area contributed by atoms with Crippen LogP contribution in [0.1, 0.15) is 32.6 Å². The Balaban J connectivity index is 2.13. The van der Waals surface area contributed by atoms with Gasteiger partial charge in [-0.2, -0.15) is 0 Å². The van der Waals surface area contributed by atoms with Crippen LogP contribution in [0.5, 0.6) is 0 Å². The summed E-state index contributed by atoms with van der Waals surface area (Å²) >= 11 is 0. The molecule has 1 atom stereocenters. The van der Waals surface area contributed by atoms with Crippen LogP contribution in [0.25, 0.3) is 0 Å². The smallest absolute Gasteiger partial charge is 0.306 e. The van der Waals surface area contributed by atoms with Crippen LogP contribution < -0.4 is 0 Å². The van der Waals surface area contributed by atoms with Crippen LogP contribution in [0.3, 0.4) is 0 Å². The molecule has 0 spiro atoms. The number of likely N-dealkylation sites (tertiary alicyclic amines) is 1. The number of likely N-dealkylation sites (N-methyl/N-ethyl adjacent to an activating group) is 1. The lowest BCUT2D eigenvalue weighted by atomic mass is 10.2. The molecule has 1 unspecified atom stereocenters. The van der Waals surface area contributed by atoms with Gasteiger partial charge >= 0.3 is 5.97 Å². The summed E-state index contributed by atoms with van der Waals surface area (Å²) in [6.45, 7) is 4.03.